The normalized spacial score (nSPS) is 22.3. The molecule has 1 atom stereocenters. The summed E-state index contributed by atoms with van der Waals surface area (Å²) in [7, 11) is 0. The van der Waals surface area contributed by atoms with Crippen LogP contribution in [0.4, 0.5) is 5.82 Å². The molecule has 1 aliphatic heterocycles. The van der Waals surface area contributed by atoms with E-state index in [1.54, 1.807) is 0 Å². The second-order valence-electron chi connectivity index (χ2n) is 5.51. The Morgan fingerprint density at radius 2 is 2.15 bits per heavy atom. The SMILES string of the molecule is CCc1nnc(NC2(C)CCCOC2)c(C#N)c1CC. The van der Waals surface area contributed by atoms with Crippen LogP contribution in [-0.2, 0) is 17.6 Å². The number of rotatable bonds is 4. The Bertz CT molecular complexity index is 515. The molecular formula is C15H22N4O. The Morgan fingerprint density at radius 3 is 2.70 bits per heavy atom. The highest BCUT2D eigenvalue weighted by atomic mass is 16.5. The fraction of sp³-hybridized carbons (Fsp3) is 0.667. The van der Waals surface area contributed by atoms with Gasteiger partial charge in [0.1, 0.15) is 11.6 Å². The molecular weight excluding hydrogens is 252 g/mol. The van der Waals surface area contributed by atoms with Crippen molar-refractivity contribution in [3.8, 4) is 6.07 Å². The van der Waals surface area contributed by atoms with Gasteiger partial charge in [0.2, 0.25) is 0 Å². The number of nitriles is 1. The summed E-state index contributed by atoms with van der Waals surface area (Å²) in [6.45, 7) is 7.63. The molecule has 0 aromatic carbocycles. The number of hydrogen-bond donors (Lipinski definition) is 1. The minimum absolute atomic E-state index is 0.169. The number of hydrogen-bond acceptors (Lipinski definition) is 5. The Kier molecular flexibility index (Phi) is 4.56. The van der Waals surface area contributed by atoms with Crippen LogP contribution < -0.4 is 5.32 Å². The van der Waals surface area contributed by atoms with Gasteiger partial charge in [-0.2, -0.15) is 10.4 Å². The number of aromatic nitrogens is 2. The maximum atomic E-state index is 9.47. The first-order chi connectivity index (χ1) is 9.63. The predicted octanol–water partition coefficient (Wildman–Crippen LogP) is 2.45. The van der Waals surface area contributed by atoms with Crippen molar-refractivity contribution >= 4 is 5.82 Å². The molecule has 0 aliphatic carbocycles. The molecule has 108 valence electrons. The first-order valence-electron chi connectivity index (χ1n) is 7.28. The monoisotopic (exact) mass is 274 g/mol. The lowest BCUT2D eigenvalue weighted by molar-refractivity contribution is 0.0538. The van der Waals surface area contributed by atoms with Crippen LogP contribution in [0.15, 0.2) is 0 Å². The fourth-order valence-corrected chi connectivity index (χ4v) is 2.70. The van der Waals surface area contributed by atoms with Crippen molar-refractivity contribution in [2.75, 3.05) is 18.5 Å². The maximum absolute atomic E-state index is 9.47. The van der Waals surface area contributed by atoms with E-state index in [1.165, 1.54) is 0 Å². The van der Waals surface area contributed by atoms with E-state index in [2.05, 4.69) is 28.5 Å². The van der Waals surface area contributed by atoms with E-state index < -0.39 is 0 Å². The van der Waals surface area contributed by atoms with Crippen LogP contribution in [-0.4, -0.2) is 29.0 Å². The molecule has 2 heterocycles. The summed E-state index contributed by atoms with van der Waals surface area (Å²) in [5.74, 6) is 0.592. The van der Waals surface area contributed by atoms with Crippen LogP contribution in [0.25, 0.3) is 0 Å². The Morgan fingerprint density at radius 1 is 1.35 bits per heavy atom. The third-order valence-corrected chi connectivity index (χ3v) is 3.82. The van der Waals surface area contributed by atoms with Crippen LogP contribution >= 0.6 is 0 Å². The van der Waals surface area contributed by atoms with Crippen LogP contribution in [0.5, 0.6) is 0 Å². The average molecular weight is 274 g/mol. The van der Waals surface area contributed by atoms with E-state index in [1.807, 2.05) is 13.8 Å². The van der Waals surface area contributed by atoms with Crippen LogP contribution in [0.1, 0.15) is 50.4 Å². The molecule has 5 nitrogen and oxygen atoms in total. The zero-order valence-electron chi connectivity index (χ0n) is 12.5. The Hall–Kier alpha value is -1.67. The van der Waals surface area contributed by atoms with Crippen LogP contribution in [0.2, 0.25) is 0 Å². The standard InChI is InChI=1S/C15H22N4O/c1-4-11-12(9-16)14(19-18-13(11)5-2)17-15(3)7-6-8-20-10-15/h4-8,10H2,1-3H3,(H,17,19). The van der Waals surface area contributed by atoms with Crippen molar-refractivity contribution in [2.45, 2.75) is 52.0 Å². The van der Waals surface area contributed by atoms with Crippen molar-refractivity contribution in [1.29, 1.82) is 5.26 Å². The molecule has 1 aliphatic rings. The van der Waals surface area contributed by atoms with Crippen molar-refractivity contribution in [1.82, 2.24) is 10.2 Å². The molecule has 1 N–H and O–H groups in total. The van der Waals surface area contributed by atoms with E-state index >= 15 is 0 Å². The molecule has 20 heavy (non-hydrogen) atoms. The Labute approximate surface area is 120 Å². The largest absolute Gasteiger partial charge is 0.379 e. The van der Waals surface area contributed by atoms with Crippen molar-refractivity contribution < 1.29 is 4.74 Å². The minimum Gasteiger partial charge on any atom is -0.379 e. The molecule has 2 rings (SSSR count). The molecule has 0 amide bonds. The summed E-state index contributed by atoms with van der Waals surface area (Å²) in [5.41, 5.74) is 2.38. The fourth-order valence-electron chi connectivity index (χ4n) is 2.70. The van der Waals surface area contributed by atoms with Gasteiger partial charge in [0, 0.05) is 6.61 Å². The molecule has 1 aromatic rings. The third kappa shape index (κ3) is 2.91. The predicted molar refractivity (Wildman–Crippen MR) is 77.6 cm³/mol. The summed E-state index contributed by atoms with van der Waals surface area (Å²) in [5, 5.41) is 21.4. The van der Waals surface area contributed by atoms with Gasteiger partial charge in [-0.1, -0.05) is 13.8 Å². The topological polar surface area (TPSA) is 70.8 Å². The minimum atomic E-state index is -0.169. The second-order valence-corrected chi connectivity index (χ2v) is 5.51. The zero-order valence-corrected chi connectivity index (χ0v) is 12.5. The van der Waals surface area contributed by atoms with Gasteiger partial charge >= 0.3 is 0 Å². The summed E-state index contributed by atoms with van der Waals surface area (Å²) >= 11 is 0. The molecule has 0 saturated carbocycles. The lowest BCUT2D eigenvalue weighted by Crippen LogP contribution is -2.43. The smallest absolute Gasteiger partial charge is 0.167 e. The van der Waals surface area contributed by atoms with Gasteiger partial charge in [-0.3, -0.25) is 0 Å². The number of nitrogens with one attached hydrogen (secondary N) is 1. The first kappa shape index (κ1) is 14.7. The molecule has 1 unspecified atom stereocenters. The molecule has 0 bridgehead atoms. The van der Waals surface area contributed by atoms with Gasteiger partial charge in [-0.15, -0.1) is 5.10 Å². The van der Waals surface area contributed by atoms with Gasteiger partial charge in [-0.05, 0) is 38.2 Å². The third-order valence-electron chi connectivity index (χ3n) is 3.82. The van der Waals surface area contributed by atoms with Gasteiger partial charge in [0.05, 0.1) is 17.8 Å². The van der Waals surface area contributed by atoms with E-state index in [0.717, 1.165) is 43.5 Å². The van der Waals surface area contributed by atoms with E-state index in [4.69, 9.17) is 4.74 Å². The number of anilines is 1. The second kappa shape index (κ2) is 6.19. The van der Waals surface area contributed by atoms with Gasteiger partial charge in [0.25, 0.3) is 0 Å². The maximum Gasteiger partial charge on any atom is 0.167 e. The van der Waals surface area contributed by atoms with Crippen LogP contribution in [0, 0.1) is 11.3 Å². The van der Waals surface area contributed by atoms with Gasteiger partial charge < -0.3 is 10.1 Å². The highest BCUT2D eigenvalue weighted by molar-refractivity contribution is 5.57. The number of aryl methyl sites for hydroxylation is 1. The molecule has 1 fully saturated rings. The number of nitrogens with zero attached hydrogens (tertiary/aromatic N) is 3. The van der Waals surface area contributed by atoms with Crippen LogP contribution in [0.3, 0.4) is 0 Å². The Balaban J connectivity index is 2.34. The summed E-state index contributed by atoms with van der Waals surface area (Å²) in [4.78, 5) is 0. The van der Waals surface area contributed by atoms with Crippen molar-refractivity contribution in [2.24, 2.45) is 0 Å². The lowest BCUT2D eigenvalue weighted by atomic mass is 9.94. The molecule has 1 aromatic heterocycles. The quantitative estimate of drug-likeness (QED) is 0.913. The van der Waals surface area contributed by atoms with Gasteiger partial charge in [0.15, 0.2) is 5.82 Å². The summed E-state index contributed by atoms with van der Waals surface area (Å²) in [6, 6.07) is 2.29. The highest BCUT2D eigenvalue weighted by Crippen LogP contribution is 2.27. The van der Waals surface area contributed by atoms with E-state index in [-0.39, 0.29) is 5.54 Å². The highest BCUT2D eigenvalue weighted by Gasteiger charge is 2.29. The molecule has 1 saturated heterocycles. The molecule has 5 heteroatoms. The lowest BCUT2D eigenvalue weighted by Gasteiger charge is -2.35. The molecule has 0 spiro atoms. The van der Waals surface area contributed by atoms with E-state index in [0.29, 0.717) is 18.0 Å². The molecule has 0 radical (unpaired) electrons. The zero-order chi connectivity index (χ0) is 14.6. The summed E-state index contributed by atoms with van der Waals surface area (Å²) < 4.78 is 5.54. The summed E-state index contributed by atoms with van der Waals surface area (Å²) in [6.07, 6.45) is 3.62. The van der Waals surface area contributed by atoms with Gasteiger partial charge in [-0.25, -0.2) is 0 Å². The average Bonchev–Trinajstić information content (AvgIpc) is 2.47. The van der Waals surface area contributed by atoms with E-state index in [9.17, 15) is 5.26 Å². The first-order valence-corrected chi connectivity index (χ1v) is 7.28. The van der Waals surface area contributed by atoms with Crippen molar-refractivity contribution in [3.63, 3.8) is 0 Å². The van der Waals surface area contributed by atoms with Crippen molar-refractivity contribution in [3.05, 3.63) is 16.8 Å². The number of ether oxygens (including phenoxy) is 1.